The lowest BCUT2D eigenvalue weighted by Crippen LogP contribution is -2.44. The molecule has 19 heavy (non-hydrogen) atoms. The number of aryl methyl sites for hydroxylation is 1. The fraction of sp³-hybridized carbons (Fsp3) is 0.429. The molecular weight excluding hydrogens is 246 g/mol. The third-order valence-electron chi connectivity index (χ3n) is 2.93. The van der Waals surface area contributed by atoms with Crippen molar-refractivity contribution in [1.82, 2.24) is 5.32 Å². The molecule has 0 unspecified atom stereocenters. The predicted octanol–water partition coefficient (Wildman–Crippen LogP) is 1.79. The molecule has 0 aliphatic rings. The summed E-state index contributed by atoms with van der Waals surface area (Å²) in [5.41, 5.74) is 1.01. The smallest absolute Gasteiger partial charge is 0.326 e. The van der Waals surface area contributed by atoms with Crippen LogP contribution in [0, 0.1) is 5.92 Å². The first-order valence-corrected chi connectivity index (χ1v) is 6.22. The molecule has 0 aliphatic heterocycles. The van der Waals surface area contributed by atoms with Crippen LogP contribution in [0.2, 0.25) is 0 Å². The average molecular weight is 265 g/mol. The molecule has 0 radical (unpaired) electrons. The Kier molecular flexibility index (Phi) is 4.92. The number of nitrogens with one attached hydrogen (secondary N) is 1. The van der Waals surface area contributed by atoms with Crippen molar-refractivity contribution in [3.8, 4) is 5.75 Å². The molecule has 1 aromatic carbocycles. The van der Waals surface area contributed by atoms with Crippen LogP contribution in [0.25, 0.3) is 0 Å². The lowest BCUT2D eigenvalue weighted by molar-refractivity contribution is -0.140. The maximum absolute atomic E-state index is 12.0. The Morgan fingerprint density at radius 3 is 2.42 bits per heavy atom. The molecule has 5 heteroatoms. The SMILES string of the molecule is CCc1ccc(O)c(C(=O)N[C@@H](C(=O)O)C(C)C)c1. The molecule has 0 heterocycles. The molecule has 104 valence electrons. The number of benzene rings is 1. The van der Waals surface area contributed by atoms with Gasteiger partial charge in [-0.15, -0.1) is 0 Å². The van der Waals surface area contributed by atoms with Crippen LogP contribution >= 0.6 is 0 Å². The van der Waals surface area contributed by atoms with Gasteiger partial charge in [0, 0.05) is 0 Å². The summed E-state index contributed by atoms with van der Waals surface area (Å²) in [5, 5.41) is 21.1. The average Bonchev–Trinajstić information content (AvgIpc) is 2.35. The first-order chi connectivity index (χ1) is 8.86. The van der Waals surface area contributed by atoms with E-state index in [2.05, 4.69) is 5.32 Å². The minimum atomic E-state index is -1.09. The van der Waals surface area contributed by atoms with Crippen LogP contribution < -0.4 is 5.32 Å². The summed E-state index contributed by atoms with van der Waals surface area (Å²) in [5.74, 6) is -2.05. The highest BCUT2D eigenvalue weighted by atomic mass is 16.4. The zero-order valence-corrected chi connectivity index (χ0v) is 11.3. The maximum atomic E-state index is 12.0. The van der Waals surface area contributed by atoms with Gasteiger partial charge < -0.3 is 15.5 Å². The molecule has 1 aromatic rings. The van der Waals surface area contributed by atoms with Gasteiger partial charge in [0.1, 0.15) is 11.8 Å². The van der Waals surface area contributed by atoms with E-state index in [0.29, 0.717) is 0 Å². The number of phenols is 1. The number of carboxylic acid groups (broad SMARTS) is 1. The topological polar surface area (TPSA) is 86.6 Å². The second-order valence-electron chi connectivity index (χ2n) is 4.74. The van der Waals surface area contributed by atoms with E-state index in [-0.39, 0.29) is 17.2 Å². The van der Waals surface area contributed by atoms with E-state index in [1.165, 1.54) is 6.07 Å². The van der Waals surface area contributed by atoms with Gasteiger partial charge >= 0.3 is 5.97 Å². The number of aliphatic carboxylic acids is 1. The quantitative estimate of drug-likeness (QED) is 0.757. The summed E-state index contributed by atoms with van der Waals surface area (Å²) in [6.07, 6.45) is 0.729. The fourth-order valence-corrected chi connectivity index (χ4v) is 1.72. The molecule has 0 spiro atoms. The third kappa shape index (κ3) is 3.71. The first kappa shape index (κ1) is 15.0. The number of carbonyl (C=O) groups is 2. The predicted molar refractivity (Wildman–Crippen MR) is 71.2 cm³/mol. The van der Waals surface area contributed by atoms with Crippen LogP contribution in [0.5, 0.6) is 5.75 Å². The van der Waals surface area contributed by atoms with Crippen molar-refractivity contribution in [3.05, 3.63) is 29.3 Å². The van der Waals surface area contributed by atoms with Gasteiger partial charge in [0.15, 0.2) is 0 Å². The van der Waals surface area contributed by atoms with E-state index < -0.39 is 17.9 Å². The zero-order valence-electron chi connectivity index (χ0n) is 11.3. The van der Waals surface area contributed by atoms with E-state index in [4.69, 9.17) is 5.11 Å². The molecule has 5 nitrogen and oxygen atoms in total. The number of rotatable bonds is 5. The van der Waals surface area contributed by atoms with Gasteiger partial charge in [-0.2, -0.15) is 0 Å². The van der Waals surface area contributed by atoms with Gasteiger partial charge in [-0.05, 0) is 30.0 Å². The van der Waals surface area contributed by atoms with Gasteiger partial charge in [0.2, 0.25) is 0 Å². The molecule has 0 aromatic heterocycles. The Bertz CT molecular complexity index is 482. The lowest BCUT2D eigenvalue weighted by atomic mass is 10.0. The van der Waals surface area contributed by atoms with Gasteiger partial charge in [0.25, 0.3) is 5.91 Å². The Morgan fingerprint density at radius 2 is 1.95 bits per heavy atom. The number of amides is 1. The minimum absolute atomic E-state index is 0.103. The van der Waals surface area contributed by atoms with E-state index in [9.17, 15) is 14.7 Å². The monoisotopic (exact) mass is 265 g/mol. The Morgan fingerprint density at radius 1 is 1.32 bits per heavy atom. The van der Waals surface area contributed by atoms with E-state index >= 15 is 0 Å². The van der Waals surface area contributed by atoms with E-state index in [0.717, 1.165) is 12.0 Å². The number of carbonyl (C=O) groups excluding carboxylic acids is 1. The second kappa shape index (κ2) is 6.22. The number of hydrogen-bond donors (Lipinski definition) is 3. The molecule has 0 bridgehead atoms. The van der Waals surface area contributed by atoms with Crippen molar-refractivity contribution in [3.63, 3.8) is 0 Å². The van der Waals surface area contributed by atoms with E-state index in [1.807, 2.05) is 6.92 Å². The highest BCUT2D eigenvalue weighted by Gasteiger charge is 2.25. The molecular formula is C14H19NO4. The van der Waals surface area contributed by atoms with Gasteiger partial charge in [-0.25, -0.2) is 4.79 Å². The van der Waals surface area contributed by atoms with E-state index in [1.54, 1.807) is 26.0 Å². The van der Waals surface area contributed by atoms with Crippen molar-refractivity contribution in [1.29, 1.82) is 0 Å². The highest BCUT2D eigenvalue weighted by molar-refractivity contribution is 5.99. The summed E-state index contributed by atoms with van der Waals surface area (Å²) in [4.78, 5) is 23.1. The number of carboxylic acids is 1. The third-order valence-corrected chi connectivity index (χ3v) is 2.93. The molecule has 0 saturated heterocycles. The van der Waals surface area contributed by atoms with Crippen molar-refractivity contribution in [2.24, 2.45) is 5.92 Å². The molecule has 0 saturated carbocycles. The lowest BCUT2D eigenvalue weighted by Gasteiger charge is -2.18. The Balaban J connectivity index is 2.97. The summed E-state index contributed by atoms with van der Waals surface area (Å²) in [6, 6.07) is 3.77. The summed E-state index contributed by atoms with van der Waals surface area (Å²) in [6.45, 7) is 5.35. The number of aromatic hydroxyl groups is 1. The Labute approximate surface area is 112 Å². The normalized spacial score (nSPS) is 12.2. The summed E-state index contributed by atoms with van der Waals surface area (Å²) >= 11 is 0. The van der Waals surface area contributed by atoms with Crippen LogP contribution in [-0.4, -0.2) is 28.1 Å². The largest absolute Gasteiger partial charge is 0.507 e. The Hall–Kier alpha value is -2.04. The second-order valence-corrected chi connectivity index (χ2v) is 4.74. The van der Waals surface area contributed by atoms with Gasteiger partial charge in [0.05, 0.1) is 5.56 Å². The van der Waals surface area contributed by atoms with Crippen LogP contribution in [0.3, 0.4) is 0 Å². The molecule has 3 N–H and O–H groups in total. The van der Waals surface area contributed by atoms with Crippen molar-refractivity contribution < 1.29 is 19.8 Å². The molecule has 0 fully saturated rings. The van der Waals surface area contributed by atoms with Gasteiger partial charge in [-0.1, -0.05) is 26.8 Å². The highest BCUT2D eigenvalue weighted by Crippen LogP contribution is 2.19. The molecule has 1 atom stereocenters. The summed E-state index contributed by atoms with van der Waals surface area (Å²) < 4.78 is 0. The first-order valence-electron chi connectivity index (χ1n) is 6.22. The van der Waals surface area contributed by atoms with Crippen LogP contribution in [0.4, 0.5) is 0 Å². The fourth-order valence-electron chi connectivity index (χ4n) is 1.72. The maximum Gasteiger partial charge on any atom is 0.326 e. The zero-order chi connectivity index (χ0) is 14.6. The standard InChI is InChI=1S/C14H19NO4/c1-4-9-5-6-11(16)10(7-9)13(17)15-12(8(2)3)14(18)19/h5-8,12,16H,4H2,1-3H3,(H,15,17)(H,18,19)/t12-/m1/s1. The van der Waals surface area contributed by atoms with Crippen LogP contribution in [-0.2, 0) is 11.2 Å². The summed E-state index contributed by atoms with van der Waals surface area (Å²) in [7, 11) is 0. The minimum Gasteiger partial charge on any atom is -0.507 e. The van der Waals surface area contributed by atoms with Crippen molar-refractivity contribution >= 4 is 11.9 Å². The number of phenolic OH excluding ortho intramolecular Hbond substituents is 1. The van der Waals surface area contributed by atoms with Crippen molar-refractivity contribution in [2.75, 3.05) is 0 Å². The molecule has 0 aliphatic carbocycles. The van der Waals surface area contributed by atoms with Crippen LogP contribution in [0.15, 0.2) is 18.2 Å². The number of hydrogen-bond acceptors (Lipinski definition) is 3. The molecule has 1 rings (SSSR count). The van der Waals surface area contributed by atoms with Crippen molar-refractivity contribution in [2.45, 2.75) is 33.2 Å². The van der Waals surface area contributed by atoms with Crippen LogP contribution in [0.1, 0.15) is 36.7 Å². The van der Waals surface area contributed by atoms with Gasteiger partial charge in [-0.3, -0.25) is 4.79 Å². The molecule has 1 amide bonds.